The van der Waals surface area contributed by atoms with E-state index in [0.717, 1.165) is 19.0 Å². The van der Waals surface area contributed by atoms with E-state index in [1.165, 1.54) is 19.4 Å². The first kappa shape index (κ1) is 24.3. The summed E-state index contributed by atoms with van der Waals surface area (Å²) in [4.78, 5) is 20.6. The number of hydrogen-bond donors (Lipinski definition) is 2. The minimum absolute atomic E-state index is 0. The molecule has 2 N–H and O–H groups in total. The second-order valence-corrected chi connectivity index (χ2v) is 8.78. The van der Waals surface area contributed by atoms with Crippen LogP contribution in [-0.4, -0.2) is 79.3 Å². The first-order chi connectivity index (χ1) is 12.2. The molecular formula is C19H38IN5O2. The van der Waals surface area contributed by atoms with Gasteiger partial charge in [-0.25, -0.2) is 4.79 Å². The molecule has 2 aliphatic heterocycles. The first-order valence-electron chi connectivity index (χ1n) is 9.87. The topological polar surface area (TPSA) is 69.2 Å². The number of nitrogens with zero attached hydrogens (tertiary/aromatic N) is 3. The van der Waals surface area contributed by atoms with Crippen LogP contribution < -0.4 is 10.6 Å². The molecule has 0 bridgehead atoms. The molecule has 2 heterocycles. The molecule has 0 spiro atoms. The highest BCUT2D eigenvalue weighted by atomic mass is 127. The highest BCUT2D eigenvalue weighted by Gasteiger charge is 2.34. The number of amides is 1. The standard InChI is InChI=1S/C19H37N5O2.HI/c1-14(2)23-9-7-8-15(11-23)10-21-17(20-6)22-16-12-24(13-16)18(25)26-19(3,4)5;/h14-16H,7-13H2,1-6H3,(H2,20,21,22);1H. The zero-order valence-corrected chi connectivity index (χ0v) is 20.1. The van der Waals surface area contributed by atoms with Crippen LogP contribution in [0, 0.1) is 5.92 Å². The molecule has 1 unspecified atom stereocenters. The quantitative estimate of drug-likeness (QED) is 0.357. The van der Waals surface area contributed by atoms with Crippen LogP contribution in [0.5, 0.6) is 0 Å². The van der Waals surface area contributed by atoms with Crippen molar-refractivity contribution in [3.8, 4) is 0 Å². The van der Waals surface area contributed by atoms with Gasteiger partial charge in [-0.1, -0.05) is 0 Å². The zero-order chi connectivity index (χ0) is 19.3. The summed E-state index contributed by atoms with van der Waals surface area (Å²) in [6.07, 6.45) is 2.29. The molecule has 2 rings (SSSR count). The number of carbonyl (C=O) groups is 1. The van der Waals surface area contributed by atoms with Crippen molar-refractivity contribution in [2.75, 3.05) is 39.8 Å². The SMILES string of the molecule is CN=C(NCC1CCCN(C(C)C)C1)NC1CN(C(=O)OC(C)(C)C)C1.I. The average Bonchev–Trinajstić information content (AvgIpc) is 2.51. The van der Waals surface area contributed by atoms with E-state index in [0.29, 0.717) is 25.0 Å². The number of hydrogen-bond acceptors (Lipinski definition) is 4. The summed E-state index contributed by atoms with van der Waals surface area (Å²) in [5.41, 5.74) is -0.447. The number of nitrogens with one attached hydrogen (secondary N) is 2. The van der Waals surface area contributed by atoms with Crippen LogP contribution in [0.15, 0.2) is 4.99 Å². The summed E-state index contributed by atoms with van der Waals surface area (Å²) in [6.45, 7) is 14.8. The van der Waals surface area contributed by atoms with Crippen molar-refractivity contribution in [1.29, 1.82) is 0 Å². The molecule has 1 atom stereocenters. The fourth-order valence-electron chi connectivity index (χ4n) is 3.41. The van der Waals surface area contributed by atoms with E-state index in [1.54, 1.807) is 11.9 Å². The number of likely N-dealkylation sites (tertiary alicyclic amines) is 2. The lowest BCUT2D eigenvalue weighted by atomic mass is 9.97. The van der Waals surface area contributed by atoms with Crippen molar-refractivity contribution < 1.29 is 9.53 Å². The maximum absolute atomic E-state index is 12.0. The van der Waals surface area contributed by atoms with E-state index in [9.17, 15) is 4.79 Å². The number of guanidine groups is 1. The number of halogens is 1. The van der Waals surface area contributed by atoms with Gasteiger partial charge in [-0.05, 0) is 59.9 Å². The van der Waals surface area contributed by atoms with Crippen LogP contribution in [0.1, 0.15) is 47.5 Å². The van der Waals surface area contributed by atoms with E-state index in [-0.39, 0.29) is 36.1 Å². The van der Waals surface area contributed by atoms with Crippen molar-refractivity contribution in [2.24, 2.45) is 10.9 Å². The molecule has 8 heteroatoms. The number of carbonyl (C=O) groups excluding carboxylic acids is 1. The maximum Gasteiger partial charge on any atom is 0.410 e. The van der Waals surface area contributed by atoms with Crippen molar-refractivity contribution in [1.82, 2.24) is 20.4 Å². The van der Waals surface area contributed by atoms with Gasteiger partial charge in [0.25, 0.3) is 0 Å². The Balaban J connectivity index is 0.00000364. The number of aliphatic imine (C=N–C) groups is 1. The summed E-state index contributed by atoms with van der Waals surface area (Å²) in [5.74, 6) is 1.48. The second kappa shape index (κ2) is 10.7. The van der Waals surface area contributed by atoms with Crippen molar-refractivity contribution in [3.63, 3.8) is 0 Å². The zero-order valence-electron chi connectivity index (χ0n) is 17.7. The van der Waals surface area contributed by atoms with E-state index in [4.69, 9.17) is 4.74 Å². The Morgan fingerprint density at radius 1 is 1.26 bits per heavy atom. The molecule has 1 amide bonds. The Labute approximate surface area is 181 Å². The van der Waals surface area contributed by atoms with Crippen LogP contribution >= 0.6 is 24.0 Å². The summed E-state index contributed by atoms with van der Waals surface area (Å²) in [6, 6.07) is 0.844. The Hall–Kier alpha value is -0.770. The lowest BCUT2D eigenvalue weighted by Gasteiger charge is -2.40. The minimum atomic E-state index is -0.447. The summed E-state index contributed by atoms with van der Waals surface area (Å²) >= 11 is 0. The molecule has 0 aromatic rings. The number of ether oxygens (including phenoxy) is 1. The van der Waals surface area contributed by atoms with E-state index >= 15 is 0 Å². The Morgan fingerprint density at radius 2 is 1.93 bits per heavy atom. The van der Waals surface area contributed by atoms with Gasteiger partial charge in [-0.2, -0.15) is 0 Å². The van der Waals surface area contributed by atoms with Crippen LogP contribution in [0.4, 0.5) is 4.79 Å². The Bertz CT molecular complexity index is 501. The van der Waals surface area contributed by atoms with Crippen molar-refractivity contribution in [2.45, 2.75) is 65.1 Å². The molecule has 0 aliphatic carbocycles. The van der Waals surface area contributed by atoms with Gasteiger partial charge < -0.3 is 25.2 Å². The number of piperidine rings is 1. The smallest absolute Gasteiger partial charge is 0.410 e. The summed E-state index contributed by atoms with van der Waals surface area (Å²) < 4.78 is 5.39. The fourth-order valence-corrected chi connectivity index (χ4v) is 3.41. The Morgan fingerprint density at radius 3 is 2.48 bits per heavy atom. The number of rotatable bonds is 4. The molecule has 27 heavy (non-hydrogen) atoms. The van der Waals surface area contributed by atoms with Gasteiger partial charge in [0.05, 0.1) is 6.04 Å². The van der Waals surface area contributed by atoms with E-state index in [2.05, 4.69) is 34.4 Å². The second-order valence-electron chi connectivity index (χ2n) is 8.78. The monoisotopic (exact) mass is 495 g/mol. The van der Waals surface area contributed by atoms with Gasteiger partial charge in [-0.15, -0.1) is 24.0 Å². The van der Waals surface area contributed by atoms with Crippen LogP contribution in [-0.2, 0) is 4.74 Å². The van der Waals surface area contributed by atoms with Crippen molar-refractivity contribution in [3.05, 3.63) is 0 Å². The van der Waals surface area contributed by atoms with Crippen LogP contribution in [0.2, 0.25) is 0 Å². The lowest BCUT2D eigenvalue weighted by Crippen LogP contribution is -2.63. The maximum atomic E-state index is 12.0. The molecule has 2 saturated heterocycles. The van der Waals surface area contributed by atoms with Gasteiger partial charge in [0.15, 0.2) is 5.96 Å². The molecule has 158 valence electrons. The molecule has 0 aromatic heterocycles. The van der Waals surface area contributed by atoms with Gasteiger partial charge in [0, 0.05) is 39.3 Å². The summed E-state index contributed by atoms with van der Waals surface area (Å²) in [5, 5.41) is 6.86. The molecule has 2 fully saturated rings. The summed E-state index contributed by atoms with van der Waals surface area (Å²) in [7, 11) is 1.79. The third-order valence-electron chi connectivity index (χ3n) is 4.94. The molecule has 2 aliphatic rings. The normalized spacial score (nSPS) is 22.1. The van der Waals surface area contributed by atoms with Gasteiger partial charge >= 0.3 is 6.09 Å². The molecule has 0 saturated carbocycles. The average molecular weight is 495 g/mol. The fraction of sp³-hybridized carbons (Fsp3) is 0.895. The van der Waals surface area contributed by atoms with E-state index in [1.807, 2.05) is 20.8 Å². The van der Waals surface area contributed by atoms with E-state index < -0.39 is 5.60 Å². The minimum Gasteiger partial charge on any atom is -0.444 e. The lowest BCUT2D eigenvalue weighted by molar-refractivity contribution is 0.00700. The highest BCUT2D eigenvalue weighted by Crippen LogP contribution is 2.18. The Kier molecular flexibility index (Phi) is 9.61. The third kappa shape index (κ3) is 8.01. The molecule has 0 radical (unpaired) electrons. The van der Waals surface area contributed by atoms with Crippen LogP contribution in [0.25, 0.3) is 0 Å². The third-order valence-corrected chi connectivity index (χ3v) is 4.94. The van der Waals surface area contributed by atoms with Crippen LogP contribution in [0.3, 0.4) is 0 Å². The largest absolute Gasteiger partial charge is 0.444 e. The first-order valence-corrected chi connectivity index (χ1v) is 9.87. The highest BCUT2D eigenvalue weighted by molar-refractivity contribution is 14.0. The van der Waals surface area contributed by atoms with Gasteiger partial charge in [-0.3, -0.25) is 4.99 Å². The van der Waals surface area contributed by atoms with Gasteiger partial charge in [0.1, 0.15) is 5.60 Å². The predicted octanol–water partition coefficient (Wildman–Crippen LogP) is 2.51. The van der Waals surface area contributed by atoms with Crippen molar-refractivity contribution >= 4 is 36.0 Å². The molecular weight excluding hydrogens is 457 g/mol. The molecule has 0 aromatic carbocycles. The predicted molar refractivity (Wildman–Crippen MR) is 121 cm³/mol. The molecule has 7 nitrogen and oxygen atoms in total. The van der Waals surface area contributed by atoms with Gasteiger partial charge in [0.2, 0.25) is 0 Å².